The standard InChI is InChI=1S/C14H15ClN4S2/c1-6-5-10-12(18-14(15)19-13(10)20-6)17-8(3)11-7(2)16-9(4)21-11/h5,8H,1-4H3,(H,17,18,19). The van der Waals surface area contributed by atoms with Crippen LogP contribution in [0.3, 0.4) is 0 Å². The van der Waals surface area contributed by atoms with Crippen molar-refractivity contribution in [2.75, 3.05) is 5.32 Å². The molecule has 1 unspecified atom stereocenters. The topological polar surface area (TPSA) is 50.7 Å². The second kappa shape index (κ2) is 5.51. The molecule has 0 fully saturated rings. The molecule has 3 rings (SSSR count). The molecule has 0 saturated carbocycles. The highest BCUT2D eigenvalue weighted by Crippen LogP contribution is 2.33. The van der Waals surface area contributed by atoms with Crippen molar-refractivity contribution in [3.05, 3.63) is 31.8 Å². The van der Waals surface area contributed by atoms with Gasteiger partial charge >= 0.3 is 0 Å². The predicted octanol–water partition coefficient (Wildman–Crippen LogP) is 4.90. The molecule has 0 spiro atoms. The largest absolute Gasteiger partial charge is 0.362 e. The van der Waals surface area contributed by atoms with E-state index in [2.05, 4.69) is 40.2 Å². The Morgan fingerprint density at radius 1 is 1.14 bits per heavy atom. The summed E-state index contributed by atoms with van der Waals surface area (Å²) in [5.74, 6) is 0.785. The zero-order valence-electron chi connectivity index (χ0n) is 12.2. The molecule has 0 amide bonds. The number of thiazole rings is 1. The van der Waals surface area contributed by atoms with Crippen LogP contribution in [0.1, 0.15) is 33.4 Å². The van der Waals surface area contributed by atoms with Crippen molar-refractivity contribution in [3.63, 3.8) is 0 Å². The van der Waals surface area contributed by atoms with E-state index in [1.54, 1.807) is 22.7 Å². The second-order valence-corrected chi connectivity index (χ2v) is 7.77. The van der Waals surface area contributed by atoms with Gasteiger partial charge in [0.1, 0.15) is 10.6 Å². The first kappa shape index (κ1) is 14.7. The molecule has 0 bridgehead atoms. The molecule has 1 atom stereocenters. The maximum Gasteiger partial charge on any atom is 0.225 e. The lowest BCUT2D eigenvalue weighted by atomic mass is 10.2. The normalized spacial score (nSPS) is 12.8. The van der Waals surface area contributed by atoms with Crippen molar-refractivity contribution >= 4 is 50.3 Å². The molecule has 0 saturated heterocycles. The Labute approximate surface area is 136 Å². The smallest absolute Gasteiger partial charge is 0.225 e. The van der Waals surface area contributed by atoms with Crippen LogP contribution in [-0.2, 0) is 0 Å². The van der Waals surface area contributed by atoms with Crippen LogP contribution < -0.4 is 5.32 Å². The summed E-state index contributed by atoms with van der Waals surface area (Å²) in [5.41, 5.74) is 1.07. The van der Waals surface area contributed by atoms with Crippen molar-refractivity contribution in [3.8, 4) is 0 Å². The first-order valence-corrected chi connectivity index (χ1v) is 8.59. The molecule has 0 aliphatic carbocycles. The lowest BCUT2D eigenvalue weighted by Crippen LogP contribution is -2.08. The summed E-state index contributed by atoms with van der Waals surface area (Å²) in [5, 5.41) is 5.82. The maximum atomic E-state index is 6.03. The zero-order valence-corrected chi connectivity index (χ0v) is 14.6. The molecule has 4 nitrogen and oxygen atoms in total. The summed E-state index contributed by atoms with van der Waals surface area (Å²) in [4.78, 5) is 16.4. The van der Waals surface area contributed by atoms with Crippen LogP contribution in [0.4, 0.5) is 5.82 Å². The number of anilines is 1. The third-order valence-electron chi connectivity index (χ3n) is 3.17. The molecule has 0 radical (unpaired) electrons. The number of aromatic nitrogens is 3. The second-order valence-electron chi connectivity index (χ2n) is 4.97. The van der Waals surface area contributed by atoms with Crippen LogP contribution in [0.25, 0.3) is 10.2 Å². The van der Waals surface area contributed by atoms with Crippen LogP contribution in [0.2, 0.25) is 5.28 Å². The van der Waals surface area contributed by atoms with E-state index in [9.17, 15) is 0 Å². The highest BCUT2D eigenvalue weighted by atomic mass is 35.5. The Morgan fingerprint density at radius 3 is 2.57 bits per heavy atom. The molecular formula is C14H15ClN4S2. The number of fused-ring (bicyclic) bond motifs is 1. The summed E-state index contributed by atoms with van der Waals surface area (Å²) < 4.78 is 0. The number of hydrogen-bond donors (Lipinski definition) is 1. The lowest BCUT2D eigenvalue weighted by Gasteiger charge is -2.14. The van der Waals surface area contributed by atoms with Gasteiger partial charge in [0, 0.05) is 9.75 Å². The summed E-state index contributed by atoms with van der Waals surface area (Å²) in [6.45, 7) is 8.23. The van der Waals surface area contributed by atoms with Gasteiger partial charge in [-0.05, 0) is 45.4 Å². The molecular weight excluding hydrogens is 324 g/mol. The SMILES string of the molecule is Cc1cc2c(NC(C)c3sc(C)nc3C)nc(Cl)nc2s1. The molecule has 3 aromatic heterocycles. The fourth-order valence-electron chi connectivity index (χ4n) is 2.35. The van der Waals surface area contributed by atoms with E-state index in [1.165, 1.54) is 9.75 Å². The van der Waals surface area contributed by atoms with Gasteiger partial charge in [0.25, 0.3) is 0 Å². The number of thiophene rings is 1. The molecule has 7 heteroatoms. The van der Waals surface area contributed by atoms with Crippen LogP contribution in [-0.4, -0.2) is 15.0 Å². The van der Waals surface area contributed by atoms with Crippen molar-refractivity contribution in [1.82, 2.24) is 15.0 Å². The van der Waals surface area contributed by atoms with Gasteiger partial charge in [0.15, 0.2) is 0 Å². The molecule has 110 valence electrons. The zero-order chi connectivity index (χ0) is 15.1. The molecule has 1 N–H and O–H groups in total. The van der Waals surface area contributed by atoms with Crippen molar-refractivity contribution in [2.45, 2.75) is 33.7 Å². The van der Waals surface area contributed by atoms with Gasteiger partial charge in [0.2, 0.25) is 5.28 Å². The van der Waals surface area contributed by atoms with Gasteiger partial charge in [-0.2, -0.15) is 0 Å². The van der Waals surface area contributed by atoms with E-state index in [0.717, 1.165) is 26.7 Å². The molecule has 0 aromatic carbocycles. The number of halogens is 1. The van der Waals surface area contributed by atoms with Gasteiger partial charge in [-0.3, -0.25) is 0 Å². The summed E-state index contributed by atoms with van der Waals surface area (Å²) in [6.07, 6.45) is 0. The Bertz CT molecular complexity index is 809. The molecule has 3 heterocycles. The van der Waals surface area contributed by atoms with Crippen LogP contribution in [0.5, 0.6) is 0 Å². The molecule has 0 aliphatic rings. The van der Waals surface area contributed by atoms with E-state index in [0.29, 0.717) is 0 Å². The van der Waals surface area contributed by atoms with E-state index >= 15 is 0 Å². The average Bonchev–Trinajstić information content (AvgIpc) is 2.91. The maximum absolute atomic E-state index is 6.03. The highest BCUT2D eigenvalue weighted by molar-refractivity contribution is 7.18. The molecule has 3 aromatic rings. The highest BCUT2D eigenvalue weighted by Gasteiger charge is 2.16. The Morgan fingerprint density at radius 2 is 1.90 bits per heavy atom. The van der Waals surface area contributed by atoms with Crippen LogP contribution in [0.15, 0.2) is 6.07 Å². The van der Waals surface area contributed by atoms with Crippen LogP contribution in [0, 0.1) is 20.8 Å². The summed E-state index contributed by atoms with van der Waals surface area (Å²) >= 11 is 9.37. The number of rotatable bonds is 3. The predicted molar refractivity (Wildman–Crippen MR) is 90.8 cm³/mol. The van der Waals surface area contributed by atoms with Gasteiger partial charge in [-0.25, -0.2) is 15.0 Å². The molecule has 21 heavy (non-hydrogen) atoms. The van der Waals surface area contributed by atoms with Crippen molar-refractivity contribution in [2.24, 2.45) is 0 Å². The summed E-state index contributed by atoms with van der Waals surface area (Å²) in [7, 11) is 0. The van der Waals surface area contributed by atoms with E-state index in [4.69, 9.17) is 11.6 Å². The number of hydrogen-bond acceptors (Lipinski definition) is 6. The van der Waals surface area contributed by atoms with Gasteiger partial charge in [-0.1, -0.05) is 0 Å². The molecule has 0 aliphatic heterocycles. The third kappa shape index (κ3) is 2.88. The van der Waals surface area contributed by atoms with Crippen LogP contribution >= 0.6 is 34.3 Å². The first-order valence-electron chi connectivity index (χ1n) is 6.58. The number of aryl methyl sites for hydroxylation is 3. The monoisotopic (exact) mass is 338 g/mol. The number of nitrogens with zero attached hydrogens (tertiary/aromatic N) is 3. The van der Waals surface area contributed by atoms with Gasteiger partial charge < -0.3 is 5.32 Å². The van der Waals surface area contributed by atoms with Crippen molar-refractivity contribution < 1.29 is 0 Å². The minimum absolute atomic E-state index is 0.130. The van der Waals surface area contributed by atoms with Gasteiger partial charge in [-0.15, -0.1) is 22.7 Å². The van der Waals surface area contributed by atoms with Gasteiger partial charge in [0.05, 0.1) is 22.1 Å². The third-order valence-corrected chi connectivity index (χ3v) is 5.54. The fraction of sp³-hybridized carbons (Fsp3) is 0.357. The van der Waals surface area contributed by atoms with E-state index in [-0.39, 0.29) is 11.3 Å². The average molecular weight is 339 g/mol. The van der Waals surface area contributed by atoms with E-state index < -0.39 is 0 Å². The van der Waals surface area contributed by atoms with E-state index in [1.807, 2.05) is 13.8 Å². The summed E-state index contributed by atoms with van der Waals surface area (Å²) in [6, 6.07) is 2.22. The Balaban J connectivity index is 1.99. The minimum Gasteiger partial charge on any atom is -0.362 e. The number of nitrogens with one attached hydrogen (secondary N) is 1. The Hall–Kier alpha value is -1.24. The fourth-order valence-corrected chi connectivity index (χ4v) is 4.37. The Kier molecular flexibility index (Phi) is 3.86. The first-order chi connectivity index (χ1) is 9.94. The van der Waals surface area contributed by atoms with Crippen molar-refractivity contribution in [1.29, 1.82) is 0 Å². The minimum atomic E-state index is 0.130. The lowest BCUT2D eigenvalue weighted by molar-refractivity contribution is 0.881. The quantitative estimate of drug-likeness (QED) is 0.690.